The summed E-state index contributed by atoms with van der Waals surface area (Å²) in [5.74, 6) is -1.42. The lowest BCUT2D eigenvalue weighted by molar-refractivity contribution is -0.159. The molecular weight excluding hydrogens is 294 g/mol. The lowest BCUT2D eigenvalue weighted by atomic mass is 9.68. The van der Waals surface area contributed by atoms with Crippen molar-refractivity contribution in [2.45, 2.75) is 19.3 Å². The van der Waals surface area contributed by atoms with E-state index < -0.39 is 17.3 Å². The molecule has 0 bridgehead atoms. The average molecular weight is 304 g/mol. The van der Waals surface area contributed by atoms with Gasteiger partial charge in [0.15, 0.2) is 0 Å². The topological polar surface area (TPSA) is 66.4 Å². The molecule has 1 saturated carbocycles. The van der Waals surface area contributed by atoms with Crippen LogP contribution in [0.4, 0.5) is 5.00 Å². The molecule has 0 unspecified atom stereocenters. The summed E-state index contributed by atoms with van der Waals surface area (Å²) in [7, 11) is 0. The van der Waals surface area contributed by atoms with Gasteiger partial charge in [-0.2, -0.15) is 0 Å². The summed E-state index contributed by atoms with van der Waals surface area (Å²) in [5.41, 5.74) is -1.20. The molecule has 0 aliphatic heterocycles. The van der Waals surface area contributed by atoms with E-state index in [0.717, 1.165) is 10.2 Å². The van der Waals surface area contributed by atoms with Crippen LogP contribution in [0.3, 0.4) is 0 Å². The highest BCUT2D eigenvalue weighted by Gasteiger charge is 2.51. The number of nitrogens with one attached hydrogen (secondary N) is 1. The molecule has 1 heterocycles. The van der Waals surface area contributed by atoms with E-state index in [2.05, 4.69) is 21.2 Å². The molecule has 1 aromatic rings. The van der Waals surface area contributed by atoms with E-state index in [1.54, 1.807) is 6.07 Å². The molecule has 1 fully saturated rings. The molecule has 2 rings (SSSR count). The third-order valence-corrected chi connectivity index (χ3v) is 4.40. The van der Waals surface area contributed by atoms with Crippen LogP contribution in [0.5, 0.6) is 0 Å². The van der Waals surface area contributed by atoms with Crippen LogP contribution in [-0.2, 0) is 9.59 Å². The van der Waals surface area contributed by atoms with Gasteiger partial charge in [0, 0.05) is 0 Å². The minimum absolute atomic E-state index is 0.402. The van der Waals surface area contributed by atoms with Crippen LogP contribution in [0.15, 0.2) is 15.9 Å². The van der Waals surface area contributed by atoms with Crippen LogP contribution in [-0.4, -0.2) is 17.0 Å². The largest absolute Gasteiger partial charge is 0.480 e. The molecule has 6 heteroatoms. The zero-order valence-corrected chi connectivity index (χ0v) is 10.7. The molecular formula is C10H10BrNO3S. The molecule has 0 saturated heterocycles. The van der Waals surface area contributed by atoms with Gasteiger partial charge in [0.05, 0.1) is 8.79 Å². The average Bonchev–Trinajstić information content (AvgIpc) is 2.47. The van der Waals surface area contributed by atoms with Crippen LogP contribution < -0.4 is 5.32 Å². The van der Waals surface area contributed by atoms with Crippen molar-refractivity contribution >= 4 is 44.1 Å². The number of thiophene rings is 1. The molecule has 0 atom stereocenters. The van der Waals surface area contributed by atoms with E-state index in [-0.39, 0.29) is 0 Å². The molecule has 1 aromatic heterocycles. The third kappa shape index (κ3) is 1.87. The van der Waals surface area contributed by atoms with Crippen molar-refractivity contribution in [2.24, 2.45) is 5.41 Å². The Labute approximate surface area is 105 Å². The van der Waals surface area contributed by atoms with Crippen LogP contribution >= 0.6 is 27.3 Å². The van der Waals surface area contributed by atoms with Crippen LogP contribution in [0.1, 0.15) is 19.3 Å². The van der Waals surface area contributed by atoms with Crippen molar-refractivity contribution in [2.75, 3.05) is 5.32 Å². The van der Waals surface area contributed by atoms with Crippen molar-refractivity contribution < 1.29 is 14.7 Å². The van der Waals surface area contributed by atoms with Gasteiger partial charge in [-0.15, -0.1) is 11.3 Å². The number of aliphatic carboxylic acids is 1. The molecule has 0 spiro atoms. The van der Waals surface area contributed by atoms with Gasteiger partial charge in [-0.05, 0) is 40.9 Å². The maximum Gasteiger partial charge on any atom is 0.319 e. The Bertz CT molecular complexity index is 439. The van der Waals surface area contributed by atoms with Crippen molar-refractivity contribution in [1.29, 1.82) is 0 Å². The highest BCUT2D eigenvalue weighted by atomic mass is 79.9. The molecule has 4 nitrogen and oxygen atoms in total. The van der Waals surface area contributed by atoms with E-state index in [0.29, 0.717) is 17.8 Å². The number of hydrogen-bond acceptors (Lipinski definition) is 3. The van der Waals surface area contributed by atoms with Gasteiger partial charge in [-0.3, -0.25) is 9.59 Å². The number of carboxylic acids is 1. The zero-order chi connectivity index (χ0) is 11.8. The summed E-state index contributed by atoms with van der Waals surface area (Å²) in [6.07, 6.45) is 1.66. The van der Waals surface area contributed by atoms with Gasteiger partial charge in [-0.25, -0.2) is 0 Å². The second kappa shape index (κ2) is 4.18. The lowest BCUT2D eigenvalue weighted by Crippen LogP contribution is -2.48. The summed E-state index contributed by atoms with van der Waals surface area (Å²) in [4.78, 5) is 22.9. The van der Waals surface area contributed by atoms with Crippen LogP contribution in [0.25, 0.3) is 0 Å². The number of carbonyl (C=O) groups excluding carboxylic acids is 1. The Morgan fingerprint density at radius 1 is 1.44 bits per heavy atom. The first kappa shape index (κ1) is 11.6. The third-order valence-electron chi connectivity index (χ3n) is 2.86. The minimum atomic E-state index is -1.20. The second-order valence-corrected chi connectivity index (χ2v) is 6.26. The monoisotopic (exact) mass is 303 g/mol. The highest BCUT2D eigenvalue weighted by molar-refractivity contribution is 9.11. The Kier molecular flexibility index (Phi) is 3.03. The second-order valence-electron chi connectivity index (χ2n) is 3.80. The van der Waals surface area contributed by atoms with E-state index in [4.69, 9.17) is 5.11 Å². The predicted octanol–water partition coefficient (Wildman–Crippen LogP) is 2.70. The van der Waals surface area contributed by atoms with E-state index >= 15 is 0 Å². The number of rotatable bonds is 3. The Morgan fingerprint density at radius 3 is 2.50 bits per heavy atom. The number of carboxylic acid groups (broad SMARTS) is 1. The molecule has 0 radical (unpaired) electrons. The van der Waals surface area contributed by atoms with Crippen molar-refractivity contribution in [3.63, 3.8) is 0 Å². The maximum atomic E-state index is 11.9. The number of amides is 1. The van der Waals surface area contributed by atoms with Crippen molar-refractivity contribution in [3.8, 4) is 0 Å². The van der Waals surface area contributed by atoms with Crippen LogP contribution in [0, 0.1) is 5.41 Å². The zero-order valence-electron chi connectivity index (χ0n) is 8.33. The Morgan fingerprint density at radius 2 is 2.12 bits per heavy atom. The summed E-state index contributed by atoms with van der Waals surface area (Å²) >= 11 is 4.65. The van der Waals surface area contributed by atoms with E-state index in [1.807, 2.05) is 6.07 Å². The summed E-state index contributed by atoms with van der Waals surface area (Å²) in [5, 5.41) is 12.4. The molecule has 16 heavy (non-hydrogen) atoms. The standard InChI is InChI=1S/C10H10BrNO3S/c11-6-2-3-7(16-6)12-8(13)10(9(14)15)4-1-5-10/h2-3H,1,4-5H2,(H,12,13)(H,14,15). The number of anilines is 1. The van der Waals surface area contributed by atoms with E-state index in [9.17, 15) is 9.59 Å². The van der Waals surface area contributed by atoms with Gasteiger partial charge < -0.3 is 10.4 Å². The predicted molar refractivity (Wildman–Crippen MR) is 64.6 cm³/mol. The first-order valence-corrected chi connectivity index (χ1v) is 6.46. The Hall–Kier alpha value is -0.880. The summed E-state index contributed by atoms with van der Waals surface area (Å²) < 4.78 is 0.904. The molecule has 1 amide bonds. The summed E-state index contributed by atoms with van der Waals surface area (Å²) in [6.45, 7) is 0. The highest BCUT2D eigenvalue weighted by Crippen LogP contribution is 2.42. The fourth-order valence-electron chi connectivity index (χ4n) is 1.68. The Balaban J connectivity index is 2.10. The van der Waals surface area contributed by atoms with Gasteiger partial charge in [0.2, 0.25) is 5.91 Å². The van der Waals surface area contributed by atoms with Crippen molar-refractivity contribution in [1.82, 2.24) is 0 Å². The maximum absolute atomic E-state index is 11.9. The smallest absolute Gasteiger partial charge is 0.319 e. The SMILES string of the molecule is O=C(O)C1(C(=O)Nc2ccc(Br)s2)CCC1. The number of halogens is 1. The molecule has 2 N–H and O–H groups in total. The van der Waals surface area contributed by atoms with Crippen LogP contribution in [0.2, 0.25) is 0 Å². The summed E-state index contributed by atoms with van der Waals surface area (Å²) in [6, 6.07) is 3.56. The van der Waals surface area contributed by atoms with Crippen molar-refractivity contribution in [3.05, 3.63) is 15.9 Å². The first-order valence-electron chi connectivity index (χ1n) is 4.85. The fourth-order valence-corrected chi connectivity index (χ4v) is 2.96. The number of hydrogen-bond donors (Lipinski definition) is 2. The van der Waals surface area contributed by atoms with Gasteiger partial charge in [0.1, 0.15) is 5.41 Å². The first-order chi connectivity index (χ1) is 7.54. The van der Waals surface area contributed by atoms with E-state index in [1.165, 1.54) is 11.3 Å². The van der Waals surface area contributed by atoms with Gasteiger partial charge >= 0.3 is 5.97 Å². The fraction of sp³-hybridized carbons (Fsp3) is 0.400. The molecule has 1 aliphatic rings. The molecule has 0 aromatic carbocycles. The molecule has 86 valence electrons. The molecule has 1 aliphatic carbocycles. The quantitative estimate of drug-likeness (QED) is 0.844. The minimum Gasteiger partial charge on any atom is -0.480 e. The lowest BCUT2D eigenvalue weighted by Gasteiger charge is -2.35. The normalized spacial score (nSPS) is 17.6. The van der Waals surface area contributed by atoms with Gasteiger partial charge in [0.25, 0.3) is 0 Å². The van der Waals surface area contributed by atoms with Gasteiger partial charge in [-0.1, -0.05) is 6.42 Å². The number of carbonyl (C=O) groups is 2.